The summed E-state index contributed by atoms with van der Waals surface area (Å²) in [6.07, 6.45) is 0.0962. The molecule has 1 N–H and O–H groups in total. The van der Waals surface area contributed by atoms with Gasteiger partial charge in [-0.15, -0.1) is 11.6 Å². The van der Waals surface area contributed by atoms with E-state index in [1.54, 1.807) is 30.3 Å². The van der Waals surface area contributed by atoms with Gasteiger partial charge in [0.05, 0.1) is 0 Å². The number of rotatable bonds is 4. The minimum absolute atomic E-state index is 0.0962. The maximum atomic E-state index is 13.9. The molecule has 0 aliphatic rings. The van der Waals surface area contributed by atoms with Crippen LogP contribution in [0.2, 0.25) is 0 Å². The summed E-state index contributed by atoms with van der Waals surface area (Å²) in [5.74, 6) is -1.90. The molecule has 1 atom stereocenters. The van der Waals surface area contributed by atoms with Crippen LogP contribution >= 0.6 is 11.6 Å². The maximum Gasteiger partial charge on any atom is 0.165 e. The van der Waals surface area contributed by atoms with Crippen LogP contribution in [0, 0.1) is 11.6 Å². The molecular weight excluding hydrogens is 270 g/mol. The Morgan fingerprint density at radius 3 is 2.32 bits per heavy atom. The first-order valence-electron chi connectivity index (χ1n) is 5.88. The third kappa shape index (κ3) is 2.62. The van der Waals surface area contributed by atoms with E-state index in [0.29, 0.717) is 5.56 Å². The van der Waals surface area contributed by atoms with Gasteiger partial charge in [0, 0.05) is 11.4 Å². The summed E-state index contributed by atoms with van der Waals surface area (Å²) >= 11 is 5.70. The lowest BCUT2D eigenvalue weighted by atomic mass is 9.84. The minimum Gasteiger partial charge on any atom is -0.380 e. The molecule has 0 bridgehead atoms. The van der Waals surface area contributed by atoms with Crippen LogP contribution in [0.3, 0.4) is 0 Å². The molecule has 2 aromatic carbocycles. The van der Waals surface area contributed by atoms with E-state index in [1.165, 1.54) is 12.1 Å². The first kappa shape index (κ1) is 14.0. The largest absolute Gasteiger partial charge is 0.380 e. The molecule has 4 heteroatoms. The summed E-state index contributed by atoms with van der Waals surface area (Å²) in [7, 11) is 0. The van der Waals surface area contributed by atoms with Gasteiger partial charge in [-0.3, -0.25) is 0 Å². The number of hydrogen-bond donors (Lipinski definition) is 1. The van der Waals surface area contributed by atoms with Gasteiger partial charge in [0.15, 0.2) is 11.6 Å². The predicted molar refractivity (Wildman–Crippen MR) is 71.1 cm³/mol. The molecule has 2 rings (SSSR count). The van der Waals surface area contributed by atoms with Gasteiger partial charge in [-0.1, -0.05) is 42.5 Å². The standard InChI is InChI=1S/C15H13ClF2O/c16-10-9-15(19,11-5-2-1-3-6-11)12-7-4-8-13(17)14(12)18/h1-8,19H,9-10H2. The Morgan fingerprint density at radius 2 is 1.68 bits per heavy atom. The van der Waals surface area contributed by atoms with Crippen molar-refractivity contribution >= 4 is 11.6 Å². The smallest absolute Gasteiger partial charge is 0.165 e. The van der Waals surface area contributed by atoms with Gasteiger partial charge in [0.2, 0.25) is 0 Å². The molecule has 0 aliphatic heterocycles. The van der Waals surface area contributed by atoms with Crippen molar-refractivity contribution < 1.29 is 13.9 Å². The van der Waals surface area contributed by atoms with Crippen LogP contribution in [0.4, 0.5) is 8.78 Å². The molecule has 0 saturated heterocycles. The Balaban J connectivity index is 2.60. The highest BCUT2D eigenvalue weighted by Gasteiger charge is 2.34. The third-order valence-electron chi connectivity index (χ3n) is 3.10. The van der Waals surface area contributed by atoms with Gasteiger partial charge < -0.3 is 5.11 Å². The lowest BCUT2D eigenvalue weighted by Gasteiger charge is -2.29. The van der Waals surface area contributed by atoms with Crippen LogP contribution < -0.4 is 0 Å². The van der Waals surface area contributed by atoms with E-state index in [1.807, 2.05) is 0 Å². The zero-order chi connectivity index (χ0) is 13.9. The number of hydrogen-bond acceptors (Lipinski definition) is 1. The fourth-order valence-corrected chi connectivity index (χ4v) is 2.38. The van der Waals surface area contributed by atoms with Crippen molar-refractivity contribution in [3.63, 3.8) is 0 Å². The molecule has 0 radical (unpaired) electrons. The number of alkyl halides is 1. The van der Waals surface area contributed by atoms with Gasteiger partial charge in [0.25, 0.3) is 0 Å². The minimum atomic E-state index is -1.63. The molecular formula is C15H13ClF2O. The Morgan fingerprint density at radius 1 is 1.00 bits per heavy atom. The SMILES string of the molecule is OC(CCCl)(c1ccccc1)c1cccc(F)c1F. The summed E-state index contributed by atoms with van der Waals surface area (Å²) in [5.41, 5.74) is -1.24. The van der Waals surface area contributed by atoms with Crippen LogP contribution in [-0.2, 0) is 5.60 Å². The van der Waals surface area contributed by atoms with E-state index in [9.17, 15) is 13.9 Å². The molecule has 0 heterocycles. The summed E-state index contributed by atoms with van der Waals surface area (Å²) in [6.45, 7) is 0. The molecule has 19 heavy (non-hydrogen) atoms. The lowest BCUT2D eigenvalue weighted by molar-refractivity contribution is 0.0727. The average Bonchev–Trinajstić information content (AvgIpc) is 2.43. The van der Waals surface area contributed by atoms with Gasteiger partial charge in [-0.2, -0.15) is 0 Å². The van der Waals surface area contributed by atoms with Crippen LogP contribution in [0.15, 0.2) is 48.5 Å². The molecule has 100 valence electrons. The number of benzene rings is 2. The summed E-state index contributed by atoms with van der Waals surface area (Å²) in [4.78, 5) is 0. The quantitative estimate of drug-likeness (QED) is 0.845. The van der Waals surface area contributed by atoms with Gasteiger partial charge in [0.1, 0.15) is 5.60 Å². The highest BCUT2D eigenvalue weighted by molar-refractivity contribution is 6.17. The lowest BCUT2D eigenvalue weighted by Crippen LogP contribution is -2.29. The first-order chi connectivity index (χ1) is 9.09. The van der Waals surface area contributed by atoms with Crippen molar-refractivity contribution in [2.24, 2.45) is 0 Å². The monoisotopic (exact) mass is 282 g/mol. The van der Waals surface area contributed by atoms with Crippen molar-refractivity contribution in [2.75, 3.05) is 5.88 Å². The van der Waals surface area contributed by atoms with Crippen LogP contribution in [0.5, 0.6) is 0 Å². The Labute approximate surface area is 115 Å². The second-order valence-corrected chi connectivity index (χ2v) is 4.64. The second kappa shape index (κ2) is 5.68. The van der Waals surface area contributed by atoms with Crippen molar-refractivity contribution in [2.45, 2.75) is 12.0 Å². The van der Waals surface area contributed by atoms with Crippen molar-refractivity contribution in [1.82, 2.24) is 0 Å². The van der Waals surface area contributed by atoms with Crippen molar-refractivity contribution in [1.29, 1.82) is 0 Å². The predicted octanol–water partition coefficient (Wildman–Crippen LogP) is 3.83. The fourth-order valence-electron chi connectivity index (χ4n) is 2.11. The third-order valence-corrected chi connectivity index (χ3v) is 3.29. The molecule has 1 unspecified atom stereocenters. The summed E-state index contributed by atoms with van der Waals surface area (Å²) < 4.78 is 27.3. The van der Waals surface area contributed by atoms with E-state index in [4.69, 9.17) is 11.6 Å². The number of halogens is 3. The molecule has 0 aromatic heterocycles. The Hall–Kier alpha value is -1.45. The van der Waals surface area contributed by atoms with E-state index in [-0.39, 0.29) is 17.9 Å². The highest BCUT2D eigenvalue weighted by atomic mass is 35.5. The summed E-state index contributed by atoms with van der Waals surface area (Å²) in [6, 6.07) is 12.3. The number of aliphatic hydroxyl groups is 1. The van der Waals surface area contributed by atoms with Crippen LogP contribution in [-0.4, -0.2) is 11.0 Å². The first-order valence-corrected chi connectivity index (χ1v) is 6.41. The van der Waals surface area contributed by atoms with Gasteiger partial charge in [-0.25, -0.2) is 8.78 Å². The Kier molecular flexibility index (Phi) is 4.17. The average molecular weight is 283 g/mol. The van der Waals surface area contributed by atoms with Gasteiger partial charge in [-0.05, 0) is 18.1 Å². The molecule has 0 fully saturated rings. The molecule has 0 spiro atoms. The second-order valence-electron chi connectivity index (χ2n) is 4.27. The zero-order valence-electron chi connectivity index (χ0n) is 10.1. The maximum absolute atomic E-state index is 13.9. The fraction of sp³-hybridized carbons (Fsp3) is 0.200. The Bertz CT molecular complexity index is 559. The topological polar surface area (TPSA) is 20.2 Å². The van der Waals surface area contributed by atoms with Crippen molar-refractivity contribution in [3.05, 3.63) is 71.3 Å². The molecule has 1 nitrogen and oxygen atoms in total. The van der Waals surface area contributed by atoms with E-state index >= 15 is 0 Å². The highest BCUT2D eigenvalue weighted by Crippen LogP contribution is 2.35. The van der Waals surface area contributed by atoms with Gasteiger partial charge >= 0.3 is 0 Å². The molecule has 2 aromatic rings. The summed E-state index contributed by atoms with van der Waals surface area (Å²) in [5, 5.41) is 10.8. The van der Waals surface area contributed by atoms with E-state index in [0.717, 1.165) is 6.07 Å². The normalized spacial score (nSPS) is 14.1. The molecule has 0 amide bonds. The molecule has 0 saturated carbocycles. The van der Waals surface area contributed by atoms with E-state index in [2.05, 4.69) is 0 Å². The molecule has 0 aliphatic carbocycles. The van der Waals surface area contributed by atoms with Crippen LogP contribution in [0.25, 0.3) is 0 Å². The van der Waals surface area contributed by atoms with Crippen molar-refractivity contribution in [3.8, 4) is 0 Å². The van der Waals surface area contributed by atoms with E-state index < -0.39 is 17.2 Å². The van der Waals surface area contributed by atoms with Crippen LogP contribution in [0.1, 0.15) is 17.5 Å². The zero-order valence-corrected chi connectivity index (χ0v) is 10.9.